The fraction of sp³-hybridized carbons (Fsp3) is 0.0526. The summed E-state index contributed by atoms with van der Waals surface area (Å²) in [4.78, 5) is 0. The minimum atomic E-state index is -0.785. The van der Waals surface area contributed by atoms with Gasteiger partial charge in [0.2, 0.25) is 11.5 Å². The van der Waals surface area contributed by atoms with E-state index in [9.17, 15) is 20.4 Å². The zero-order valence-electron chi connectivity index (χ0n) is 13.3. The molecule has 0 atom stereocenters. The molecule has 3 aromatic carbocycles. The molecular weight excluding hydrogens is 342 g/mol. The van der Waals surface area contributed by atoms with E-state index in [1.165, 1.54) is 6.92 Å². The zero-order chi connectivity index (χ0) is 18.3. The SMILES string of the molecule is Cc1c(O)c(O)c(O)c(O)c1-c1ccccc1-c1cc(Cl)ccc1N. The van der Waals surface area contributed by atoms with Crippen molar-refractivity contribution in [1.29, 1.82) is 0 Å². The quantitative estimate of drug-likeness (QED) is 0.266. The third-order valence-electron chi connectivity index (χ3n) is 4.14. The highest BCUT2D eigenvalue weighted by Gasteiger charge is 2.24. The van der Waals surface area contributed by atoms with Crippen LogP contribution in [0.1, 0.15) is 5.56 Å². The summed E-state index contributed by atoms with van der Waals surface area (Å²) in [6, 6.07) is 12.1. The number of phenolic OH excluding ortho intramolecular Hbond substituents is 4. The topological polar surface area (TPSA) is 107 Å². The van der Waals surface area contributed by atoms with Gasteiger partial charge in [-0.15, -0.1) is 0 Å². The summed E-state index contributed by atoms with van der Waals surface area (Å²) >= 11 is 6.08. The Morgan fingerprint density at radius 2 is 1.36 bits per heavy atom. The number of anilines is 1. The van der Waals surface area contributed by atoms with Crippen LogP contribution in [0.4, 0.5) is 5.69 Å². The molecule has 3 rings (SSSR count). The van der Waals surface area contributed by atoms with Crippen LogP contribution in [-0.2, 0) is 0 Å². The Bertz CT molecular complexity index is 956. The Balaban J connectivity index is 2.37. The third-order valence-corrected chi connectivity index (χ3v) is 4.38. The van der Waals surface area contributed by atoms with Crippen LogP contribution in [0.5, 0.6) is 23.0 Å². The van der Waals surface area contributed by atoms with E-state index in [1.54, 1.807) is 42.5 Å². The normalized spacial score (nSPS) is 10.8. The highest BCUT2D eigenvalue weighted by atomic mass is 35.5. The average molecular weight is 358 g/mol. The highest BCUT2D eigenvalue weighted by Crippen LogP contribution is 2.52. The van der Waals surface area contributed by atoms with Crippen molar-refractivity contribution in [2.24, 2.45) is 0 Å². The number of hydrogen-bond acceptors (Lipinski definition) is 5. The lowest BCUT2D eigenvalue weighted by Crippen LogP contribution is -1.94. The van der Waals surface area contributed by atoms with Crippen LogP contribution in [0, 0.1) is 6.92 Å². The smallest absolute Gasteiger partial charge is 0.204 e. The lowest BCUT2D eigenvalue weighted by Gasteiger charge is -2.17. The number of nitrogens with two attached hydrogens (primary N) is 1. The first-order valence-corrected chi connectivity index (χ1v) is 7.82. The molecule has 25 heavy (non-hydrogen) atoms. The molecule has 0 saturated heterocycles. The molecule has 0 aliphatic carbocycles. The molecule has 5 nitrogen and oxygen atoms in total. The van der Waals surface area contributed by atoms with Gasteiger partial charge in [0.05, 0.1) is 0 Å². The van der Waals surface area contributed by atoms with Gasteiger partial charge in [0, 0.05) is 27.4 Å². The predicted molar refractivity (Wildman–Crippen MR) is 98.1 cm³/mol. The lowest BCUT2D eigenvalue weighted by molar-refractivity contribution is 0.345. The summed E-state index contributed by atoms with van der Waals surface area (Å²) in [5.41, 5.74) is 8.81. The molecule has 6 N–H and O–H groups in total. The van der Waals surface area contributed by atoms with E-state index < -0.39 is 23.0 Å². The second-order valence-electron chi connectivity index (χ2n) is 5.67. The fourth-order valence-corrected chi connectivity index (χ4v) is 3.02. The van der Waals surface area contributed by atoms with Crippen LogP contribution in [-0.4, -0.2) is 20.4 Å². The molecule has 0 heterocycles. The first kappa shape index (κ1) is 16.8. The molecule has 0 aromatic heterocycles. The minimum Gasteiger partial charge on any atom is -0.504 e. The second kappa shape index (κ2) is 6.11. The Morgan fingerprint density at radius 3 is 2.04 bits per heavy atom. The van der Waals surface area contributed by atoms with Crippen molar-refractivity contribution < 1.29 is 20.4 Å². The highest BCUT2D eigenvalue weighted by molar-refractivity contribution is 6.31. The number of rotatable bonds is 2. The van der Waals surface area contributed by atoms with Gasteiger partial charge < -0.3 is 26.2 Å². The molecule has 0 unspecified atom stereocenters. The summed E-state index contributed by atoms with van der Waals surface area (Å²) in [5, 5.41) is 40.5. The molecule has 0 aliphatic heterocycles. The summed E-state index contributed by atoms with van der Waals surface area (Å²) in [5.74, 6) is -2.58. The summed E-state index contributed by atoms with van der Waals surface area (Å²) in [6.45, 7) is 1.53. The van der Waals surface area contributed by atoms with Crippen LogP contribution in [0.2, 0.25) is 5.02 Å². The first-order valence-electron chi connectivity index (χ1n) is 7.44. The van der Waals surface area contributed by atoms with E-state index >= 15 is 0 Å². The van der Waals surface area contributed by atoms with E-state index in [0.717, 1.165) is 0 Å². The van der Waals surface area contributed by atoms with Gasteiger partial charge in [-0.05, 0) is 36.2 Å². The number of hydrogen-bond donors (Lipinski definition) is 5. The zero-order valence-corrected chi connectivity index (χ0v) is 14.0. The van der Waals surface area contributed by atoms with Crippen LogP contribution in [0.25, 0.3) is 22.3 Å². The lowest BCUT2D eigenvalue weighted by atomic mass is 9.90. The number of phenols is 4. The van der Waals surface area contributed by atoms with E-state index in [0.29, 0.717) is 27.4 Å². The van der Waals surface area contributed by atoms with Crippen LogP contribution >= 0.6 is 11.6 Å². The van der Waals surface area contributed by atoms with Crippen molar-refractivity contribution in [2.75, 3.05) is 5.73 Å². The molecule has 0 amide bonds. The first-order chi connectivity index (χ1) is 11.8. The van der Waals surface area contributed by atoms with E-state index in [1.807, 2.05) is 0 Å². The van der Waals surface area contributed by atoms with Gasteiger partial charge in [-0.3, -0.25) is 0 Å². The monoisotopic (exact) mass is 357 g/mol. The molecule has 0 saturated carbocycles. The molecular formula is C19H16ClNO4. The van der Waals surface area contributed by atoms with E-state index in [-0.39, 0.29) is 11.1 Å². The third kappa shape index (κ3) is 2.68. The van der Waals surface area contributed by atoms with Crippen LogP contribution in [0.15, 0.2) is 42.5 Å². The molecule has 0 fully saturated rings. The molecule has 0 radical (unpaired) electrons. The molecule has 6 heteroatoms. The Kier molecular flexibility index (Phi) is 4.10. The molecule has 3 aromatic rings. The van der Waals surface area contributed by atoms with Gasteiger partial charge >= 0.3 is 0 Å². The van der Waals surface area contributed by atoms with Gasteiger partial charge in [0.1, 0.15) is 0 Å². The van der Waals surface area contributed by atoms with Crippen molar-refractivity contribution in [3.8, 4) is 45.3 Å². The fourth-order valence-electron chi connectivity index (χ4n) is 2.84. The maximum atomic E-state index is 10.4. The summed E-state index contributed by atoms with van der Waals surface area (Å²) < 4.78 is 0. The van der Waals surface area contributed by atoms with Gasteiger partial charge in [0.15, 0.2) is 11.5 Å². The van der Waals surface area contributed by atoms with Gasteiger partial charge in [-0.25, -0.2) is 0 Å². The van der Waals surface area contributed by atoms with E-state index in [2.05, 4.69) is 0 Å². The van der Waals surface area contributed by atoms with Crippen molar-refractivity contribution in [3.63, 3.8) is 0 Å². The number of benzene rings is 3. The maximum absolute atomic E-state index is 10.4. The Hall–Kier alpha value is -3.05. The maximum Gasteiger partial charge on any atom is 0.204 e. The van der Waals surface area contributed by atoms with Crippen LogP contribution < -0.4 is 5.73 Å². The standard InChI is InChI=1S/C19H16ClNO4/c1-9-15(17(23)19(25)18(24)16(9)22)12-5-3-2-4-11(12)13-8-10(20)6-7-14(13)21/h2-8,22-25H,21H2,1H3. The largest absolute Gasteiger partial charge is 0.504 e. The van der Waals surface area contributed by atoms with Gasteiger partial charge in [-0.1, -0.05) is 35.9 Å². The van der Waals surface area contributed by atoms with Crippen molar-refractivity contribution >= 4 is 17.3 Å². The second-order valence-corrected chi connectivity index (χ2v) is 6.11. The van der Waals surface area contributed by atoms with Crippen molar-refractivity contribution in [1.82, 2.24) is 0 Å². The summed E-state index contributed by atoms with van der Waals surface area (Å²) in [7, 11) is 0. The molecule has 0 aliphatic rings. The average Bonchev–Trinajstić information content (AvgIpc) is 2.61. The van der Waals surface area contributed by atoms with Crippen molar-refractivity contribution in [3.05, 3.63) is 53.1 Å². The molecule has 128 valence electrons. The Morgan fingerprint density at radius 1 is 0.760 bits per heavy atom. The number of halogens is 1. The molecule has 0 bridgehead atoms. The van der Waals surface area contributed by atoms with Gasteiger partial charge in [-0.2, -0.15) is 0 Å². The minimum absolute atomic E-state index is 0.197. The number of nitrogen functional groups attached to an aromatic ring is 1. The predicted octanol–water partition coefficient (Wildman–Crippen LogP) is 4.39. The van der Waals surface area contributed by atoms with Gasteiger partial charge in [0.25, 0.3) is 0 Å². The number of aromatic hydroxyl groups is 4. The van der Waals surface area contributed by atoms with E-state index in [4.69, 9.17) is 17.3 Å². The van der Waals surface area contributed by atoms with Crippen molar-refractivity contribution in [2.45, 2.75) is 6.92 Å². The summed E-state index contributed by atoms with van der Waals surface area (Å²) in [6.07, 6.45) is 0. The molecule has 0 spiro atoms. The Labute approximate surface area is 149 Å². The van der Waals surface area contributed by atoms with Crippen LogP contribution in [0.3, 0.4) is 0 Å².